The molecule has 0 unspecified atom stereocenters. The highest BCUT2D eigenvalue weighted by atomic mass is 15.0. The first-order valence-corrected chi connectivity index (χ1v) is 4.38. The van der Waals surface area contributed by atoms with Crippen LogP contribution in [-0.4, -0.2) is 26.2 Å². The van der Waals surface area contributed by atoms with E-state index in [0.717, 1.165) is 23.7 Å². The zero-order valence-electron chi connectivity index (χ0n) is 6.14. The van der Waals surface area contributed by atoms with Crippen LogP contribution in [0.25, 0.3) is 0 Å². The van der Waals surface area contributed by atoms with Crippen LogP contribution in [0.5, 0.6) is 0 Å². The number of fused-ring (bicyclic) bond motifs is 4. The van der Waals surface area contributed by atoms with Crippen LogP contribution in [0, 0.1) is 23.7 Å². The van der Waals surface area contributed by atoms with Crippen molar-refractivity contribution in [3.8, 4) is 0 Å². The van der Waals surface area contributed by atoms with Crippen LogP contribution in [-0.2, 0) is 0 Å². The Kier molecular flexibility index (Phi) is 0.968. The molecule has 0 spiro atoms. The van der Waals surface area contributed by atoms with Gasteiger partial charge in [0.25, 0.3) is 0 Å². The van der Waals surface area contributed by atoms with E-state index in [2.05, 4.69) is 10.6 Å². The highest BCUT2D eigenvalue weighted by Crippen LogP contribution is 2.49. The first kappa shape index (κ1) is 5.56. The van der Waals surface area contributed by atoms with Gasteiger partial charge >= 0.3 is 0 Å². The zero-order chi connectivity index (χ0) is 6.55. The number of nitrogens with one attached hydrogen (secondary N) is 2. The molecule has 0 bridgehead atoms. The van der Waals surface area contributed by atoms with Crippen molar-refractivity contribution in [3.63, 3.8) is 0 Å². The Labute approximate surface area is 61.4 Å². The fraction of sp³-hybridized carbons (Fsp3) is 1.00. The minimum absolute atomic E-state index is 1.04. The van der Waals surface area contributed by atoms with Crippen molar-refractivity contribution >= 4 is 0 Å². The normalized spacial score (nSPS) is 57.6. The van der Waals surface area contributed by atoms with Crippen LogP contribution >= 0.6 is 0 Å². The topological polar surface area (TPSA) is 24.1 Å². The van der Waals surface area contributed by atoms with Crippen molar-refractivity contribution in [2.24, 2.45) is 23.7 Å². The van der Waals surface area contributed by atoms with Gasteiger partial charge in [0.2, 0.25) is 0 Å². The van der Waals surface area contributed by atoms with Crippen molar-refractivity contribution in [3.05, 3.63) is 0 Å². The molecule has 1 saturated carbocycles. The molecule has 3 aliphatic rings. The summed E-state index contributed by atoms with van der Waals surface area (Å²) in [6.07, 6.45) is 0. The van der Waals surface area contributed by atoms with Crippen molar-refractivity contribution in [1.82, 2.24) is 10.6 Å². The average molecular weight is 138 g/mol. The fourth-order valence-electron chi connectivity index (χ4n) is 3.17. The Hall–Kier alpha value is -0.0800. The summed E-state index contributed by atoms with van der Waals surface area (Å²) in [5, 5.41) is 6.97. The van der Waals surface area contributed by atoms with Crippen molar-refractivity contribution in [2.75, 3.05) is 26.2 Å². The second kappa shape index (κ2) is 1.74. The van der Waals surface area contributed by atoms with Gasteiger partial charge in [-0.05, 0) is 49.9 Å². The smallest absolute Gasteiger partial charge is 0.00139 e. The van der Waals surface area contributed by atoms with Crippen LogP contribution in [0.2, 0.25) is 0 Å². The van der Waals surface area contributed by atoms with E-state index < -0.39 is 0 Å². The summed E-state index contributed by atoms with van der Waals surface area (Å²) in [4.78, 5) is 0. The van der Waals surface area contributed by atoms with Gasteiger partial charge < -0.3 is 10.6 Å². The highest BCUT2D eigenvalue weighted by molar-refractivity contribution is 5.06. The molecule has 2 heteroatoms. The summed E-state index contributed by atoms with van der Waals surface area (Å²) in [5.74, 6) is 4.17. The summed E-state index contributed by atoms with van der Waals surface area (Å²) in [6, 6.07) is 0. The lowest BCUT2D eigenvalue weighted by Crippen LogP contribution is -2.44. The van der Waals surface area contributed by atoms with E-state index in [0.29, 0.717) is 0 Å². The van der Waals surface area contributed by atoms with E-state index in [-0.39, 0.29) is 0 Å². The molecule has 10 heavy (non-hydrogen) atoms. The van der Waals surface area contributed by atoms with Crippen LogP contribution in [0.4, 0.5) is 0 Å². The van der Waals surface area contributed by atoms with Gasteiger partial charge in [-0.25, -0.2) is 0 Å². The van der Waals surface area contributed by atoms with Crippen molar-refractivity contribution in [2.45, 2.75) is 0 Å². The zero-order valence-corrected chi connectivity index (χ0v) is 6.14. The first-order valence-electron chi connectivity index (χ1n) is 4.38. The summed E-state index contributed by atoms with van der Waals surface area (Å²) >= 11 is 0. The quantitative estimate of drug-likeness (QED) is 0.479. The fourth-order valence-corrected chi connectivity index (χ4v) is 3.17. The summed E-state index contributed by atoms with van der Waals surface area (Å²) in [6.45, 7) is 5.20. The predicted molar refractivity (Wildman–Crippen MR) is 39.7 cm³/mol. The van der Waals surface area contributed by atoms with Gasteiger partial charge in [-0.3, -0.25) is 0 Å². The molecular weight excluding hydrogens is 124 g/mol. The molecule has 2 heterocycles. The molecule has 0 amide bonds. The Balaban J connectivity index is 1.84. The molecule has 0 aromatic rings. The molecule has 3 rings (SSSR count). The molecule has 2 aliphatic heterocycles. The second-order valence-electron chi connectivity index (χ2n) is 3.97. The Bertz CT molecular complexity index is 115. The maximum absolute atomic E-state index is 3.49. The lowest BCUT2D eigenvalue weighted by atomic mass is 9.60. The van der Waals surface area contributed by atoms with Crippen LogP contribution in [0.1, 0.15) is 0 Å². The monoisotopic (exact) mass is 138 g/mol. The molecule has 0 aromatic heterocycles. The first-order chi connectivity index (χ1) is 4.97. The summed E-state index contributed by atoms with van der Waals surface area (Å²) in [5.41, 5.74) is 0. The molecule has 0 atom stereocenters. The molecule has 1 aliphatic carbocycles. The van der Waals surface area contributed by atoms with Crippen LogP contribution < -0.4 is 10.6 Å². The van der Waals surface area contributed by atoms with Gasteiger partial charge in [-0.15, -0.1) is 0 Å². The van der Waals surface area contributed by atoms with Gasteiger partial charge in [-0.2, -0.15) is 0 Å². The number of hydrogen-bond donors (Lipinski definition) is 2. The lowest BCUT2D eigenvalue weighted by molar-refractivity contribution is 0.0629. The molecular formula is C8H14N2. The van der Waals surface area contributed by atoms with Crippen LogP contribution in [0.15, 0.2) is 0 Å². The molecule has 2 saturated heterocycles. The van der Waals surface area contributed by atoms with Crippen molar-refractivity contribution < 1.29 is 0 Å². The van der Waals surface area contributed by atoms with E-state index in [4.69, 9.17) is 0 Å². The second-order valence-corrected chi connectivity index (χ2v) is 3.97. The standard InChI is InChI=1S/C8H14N2/c1-5-6(2-9-1)8-4-10-3-7(5)8/h5-10H,1-4H2/t5-,6+,7+,8-. The lowest BCUT2D eigenvalue weighted by Gasteiger charge is -2.43. The molecule has 56 valence electrons. The van der Waals surface area contributed by atoms with Gasteiger partial charge in [-0.1, -0.05) is 0 Å². The third kappa shape index (κ3) is 0.487. The number of hydrogen-bond acceptors (Lipinski definition) is 2. The van der Waals surface area contributed by atoms with E-state index >= 15 is 0 Å². The van der Waals surface area contributed by atoms with Gasteiger partial charge in [0.15, 0.2) is 0 Å². The van der Waals surface area contributed by atoms with Gasteiger partial charge in [0.05, 0.1) is 0 Å². The van der Waals surface area contributed by atoms with E-state index in [1.165, 1.54) is 26.2 Å². The maximum Gasteiger partial charge on any atom is -0.00139 e. The largest absolute Gasteiger partial charge is 0.316 e. The average Bonchev–Trinajstić information content (AvgIpc) is 2.42. The van der Waals surface area contributed by atoms with E-state index in [9.17, 15) is 0 Å². The van der Waals surface area contributed by atoms with Gasteiger partial charge in [0, 0.05) is 0 Å². The Morgan fingerprint density at radius 2 is 0.900 bits per heavy atom. The highest BCUT2D eigenvalue weighted by Gasteiger charge is 2.53. The third-order valence-corrected chi connectivity index (χ3v) is 3.72. The molecule has 2 N–H and O–H groups in total. The van der Waals surface area contributed by atoms with Crippen LogP contribution in [0.3, 0.4) is 0 Å². The molecule has 2 nitrogen and oxygen atoms in total. The van der Waals surface area contributed by atoms with E-state index in [1.807, 2.05) is 0 Å². The Morgan fingerprint density at radius 1 is 0.600 bits per heavy atom. The maximum atomic E-state index is 3.49. The molecule has 3 fully saturated rings. The number of rotatable bonds is 0. The van der Waals surface area contributed by atoms with Gasteiger partial charge in [0.1, 0.15) is 0 Å². The minimum Gasteiger partial charge on any atom is -0.316 e. The SMILES string of the molecule is C1NC[C@H]2[C@@H]1[C@@H]1CNC[C@@H]12. The predicted octanol–water partition coefficient (Wildman–Crippen LogP) is -0.329. The Morgan fingerprint density at radius 3 is 1.20 bits per heavy atom. The summed E-state index contributed by atoms with van der Waals surface area (Å²) < 4.78 is 0. The molecule has 0 aromatic carbocycles. The van der Waals surface area contributed by atoms with Crippen molar-refractivity contribution in [1.29, 1.82) is 0 Å². The summed E-state index contributed by atoms with van der Waals surface area (Å²) in [7, 11) is 0. The third-order valence-electron chi connectivity index (χ3n) is 3.72. The van der Waals surface area contributed by atoms with E-state index in [1.54, 1.807) is 0 Å². The minimum atomic E-state index is 1.04. The molecule has 0 radical (unpaired) electrons.